The van der Waals surface area contributed by atoms with Crippen LogP contribution in [0, 0.1) is 11.7 Å². The van der Waals surface area contributed by atoms with Gasteiger partial charge in [-0.2, -0.15) is 13.2 Å². The van der Waals surface area contributed by atoms with Gasteiger partial charge in [-0.3, -0.25) is 4.90 Å². The van der Waals surface area contributed by atoms with E-state index in [9.17, 15) is 17.6 Å². The lowest BCUT2D eigenvalue weighted by Gasteiger charge is -2.35. The lowest BCUT2D eigenvalue weighted by molar-refractivity contribution is -0.140. The third-order valence-corrected chi connectivity index (χ3v) is 4.53. The van der Waals surface area contributed by atoms with Gasteiger partial charge in [-0.25, -0.2) is 4.39 Å². The smallest absolute Gasteiger partial charge is 0.314 e. The fourth-order valence-electron chi connectivity index (χ4n) is 3.13. The second kappa shape index (κ2) is 6.16. The van der Waals surface area contributed by atoms with Crippen molar-refractivity contribution in [2.45, 2.75) is 31.5 Å². The van der Waals surface area contributed by atoms with Crippen molar-refractivity contribution >= 4 is 0 Å². The van der Waals surface area contributed by atoms with E-state index in [0.29, 0.717) is 11.5 Å². The Bertz CT molecular complexity index is 519. The molecule has 1 saturated heterocycles. The molecule has 0 spiro atoms. The van der Waals surface area contributed by atoms with E-state index < -0.39 is 17.6 Å². The number of hydrogen-bond acceptors (Lipinski definition) is 2. The molecule has 122 valence electrons. The van der Waals surface area contributed by atoms with E-state index in [2.05, 4.69) is 10.2 Å². The third-order valence-electron chi connectivity index (χ3n) is 4.53. The summed E-state index contributed by atoms with van der Waals surface area (Å²) < 4.78 is 52.3. The Labute approximate surface area is 127 Å². The van der Waals surface area contributed by atoms with Crippen LogP contribution in [0.15, 0.2) is 18.2 Å². The van der Waals surface area contributed by atoms with E-state index in [1.165, 1.54) is 6.07 Å². The first kappa shape index (κ1) is 15.7. The molecule has 1 aliphatic heterocycles. The van der Waals surface area contributed by atoms with Crippen molar-refractivity contribution in [3.63, 3.8) is 0 Å². The normalized spacial score (nSPS) is 21.8. The van der Waals surface area contributed by atoms with Crippen molar-refractivity contribution in [3.05, 3.63) is 35.1 Å². The molecule has 1 heterocycles. The first-order chi connectivity index (χ1) is 10.4. The fourth-order valence-corrected chi connectivity index (χ4v) is 3.13. The van der Waals surface area contributed by atoms with Crippen LogP contribution in [0.1, 0.15) is 36.4 Å². The van der Waals surface area contributed by atoms with Crippen LogP contribution < -0.4 is 5.32 Å². The highest BCUT2D eigenvalue weighted by Crippen LogP contribution is 2.41. The lowest BCUT2D eigenvalue weighted by atomic mass is 9.96. The Hall–Kier alpha value is -1.14. The molecular weight excluding hydrogens is 296 g/mol. The molecule has 0 radical (unpaired) electrons. The molecule has 0 bridgehead atoms. The minimum Gasteiger partial charge on any atom is -0.314 e. The number of nitrogens with one attached hydrogen (secondary N) is 1. The van der Waals surface area contributed by atoms with Gasteiger partial charge in [0.1, 0.15) is 5.82 Å². The van der Waals surface area contributed by atoms with Crippen molar-refractivity contribution in [2.24, 2.45) is 5.92 Å². The summed E-state index contributed by atoms with van der Waals surface area (Å²) in [6.07, 6.45) is -1.48. The van der Waals surface area contributed by atoms with Crippen LogP contribution in [-0.4, -0.2) is 31.1 Å². The van der Waals surface area contributed by atoms with Crippen molar-refractivity contribution in [1.29, 1.82) is 0 Å². The average molecular weight is 316 g/mol. The average Bonchev–Trinajstić information content (AvgIpc) is 3.29. The van der Waals surface area contributed by atoms with Gasteiger partial charge in [-0.15, -0.1) is 0 Å². The van der Waals surface area contributed by atoms with Crippen molar-refractivity contribution < 1.29 is 17.6 Å². The van der Waals surface area contributed by atoms with E-state index in [4.69, 9.17) is 0 Å². The van der Waals surface area contributed by atoms with Crippen molar-refractivity contribution in [3.8, 4) is 0 Å². The fraction of sp³-hybridized carbons (Fsp3) is 0.625. The molecule has 22 heavy (non-hydrogen) atoms. The minimum atomic E-state index is -4.65. The number of rotatable bonds is 4. The molecular formula is C16H20F4N2. The summed E-state index contributed by atoms with van der Waals surface area (Å²) in [5.41, 5.74) is -0.566. The van der Waals surface area contributed by atoms with Crippen LogP contribution in [0.2, 0.25) is 0 Å². The summed E-state index contributed by atoms with van der Waals surface area (Å²) in [5.74, 6) is -0.596. The zero-order valence-corrected chi connectivity index (χ0v) is 12.3. The van der Waals surface area contributed by atoms with Crippen LogP contribution in [0.5, 0.6) is 0 Å². The molecule has 0 unspecified atom stereocenters. The molecule has 2 nitrogen and oxygen atoms in total. The molecule has 1 saturated carbocycles. The Morgan fingerprint density at radius 2 is 1.86 bits per heavy atom. The molecule has 2 fully saturated rings. The highest BCUT2D eigenvalue weighted by Gasteiger charge is 2.36. The van der Waals surface area contributed by atoms with E-state index in [0.717, 1.165) is 57.6 Å². The number of hydrogen-bond donors (Lipinski definition) is 1. The second-order valence-corrected chi connectivity index (χ2v) is 6.22. The van der Waals surface area contributed by atoms with Gasteiger partial charge in [0.15, 0.2) is 0 Å². The maximum atomic E-state index is 13.5. The first-order valence-electron chi connectivity index (χ1n) is 7.76. The van der Waals surface area contributed by atoms with Crippen molar-refractivity contribution in [1.82, 2.24) is 10.2 Å². The Morgan fingerprint density at radius 1 is 1.18 bits per heavy atom. The topological polar surface area (TPSA) is 15.3 Å². The van der Waals surface area contributed by atoms with E-state index in [1.807, 2.05) is 0 Å². The number of nitrogens with zero attached hydrogens (tertiary/aromatic N) is 1. The molecule has 1 aromatic rings. The van der Waals surface area contributed by atoms with Gasteiger partial charge in [-0.1, -0.05) is 18.9 Å². The van der Waals surface area contributed by atoms with Crippen LogP contribution >= 0.6 is 0 Å². The Kier molecular flexibility index (Phi) is 4.41. The molecule has 1 aliphatic carbocycles. The summed E-state index contributed by atoms with van der Waals surface area (Å²) in [6.45, 7) is 3.31. The van der Waals surface area contributed by atoms with Gasteiger partial charge in [0.05, 0.1) is 5.56 Å². The van der Waals surface area contributed by atoms with Crippen LogP contribution in [0.25, 0.3) is 0 Å². The summed E-state index contributed by atoms with van der Waals surface area (Å²) in [5, 5.41) is 3.25. The van der Waals surface area contributed by atoms with Gasteiger partial charge < -0.3 is 5.32 Å². The lowest BCUT2D eigenvalue weighted by Crippen LogP contribution is -2.45. The van der Waals surface area contributed by atoms with Crippen LogP contribution in [0.3, 0.4) is 0 Å². The molecule has 3 rings (SSSR count). The molecule has 1 atom stereocenters. The zero-order chi connectivity index (χ0) is 15.7. The standard InChI is InChI=1S/C16H20F4N2/c17-14-4-3-12(10-13(14)16(18,19)20)15(9-11-1-2-11)22-7-5-21-6-8-22/h3-4,10-11,15,21H,1-2,5-9H2/t15-/m1/s1. The highest BCUT2D eigenvalue weighted by atomic mass is 19.4. The molecule has 1 N–H and O–H groups in total. The maximum absolute atomic E-state index is 13.5. The first-order valence-corrected chi connectivity index (χ1v) is 7.76. The molecule has 2 aliphatic rings. The second-order valence-electron chi connectivity index (χ2n) is 6.22. The number of alkyl halides is 3. The SMILES string of the molecule is Fc1ccc([C@@H](CC2CC2)N2CCNCC2)cc1C(F)(F)F. The minimum absolute atomic E-state index is 0.0451. The Morgan fingerprint density at radius 3 is 2.45 bits per heavy atom. The van der Waals surface area contributed by atoms with Gasteiger partial charge in [0.2, 0.25) is 0 Å². The molecule has 1 aromatic carbocycles. The van der Waals surface area contributed by atoms with Crippen LogP contribution in [-0.2, 0) is 6.18 Å². The maximum Gasteiger partial charge on any atom is 0.419 e. The highest BCUT2D eigenvalue weighted by molar-refractivity contribution is 5.30. The van der Waals surface area contributed by atoms with Gasteiger partial charge in [-0.05, 0) is 30.0 Å². The van der Waals surface area contributed by atoms with Gasteiger partial charge in [0.25, 0.3) is 0 Å². The third kappa shape index (κ3) is 3.60. The summed E-state index contributed by atoms with van der Waals surface area (Å²) >= 11 is 0. The quantitative estimate of drug-likeness (QED) is 0.854. The monoisotopic (exact) mass is 316 g/mol. The predicted molar refractivity (Wildman–Crippen MR) is 75.9 cm³/mol. The predicted octanol–water partition coefficient (Wildman–Crippen LogP) is 3.59. The number of piperazine rings is 1. The van der Waals surface area contributed by atoms with Crippen LogP contribution in [0.4, 0.5) is 17.6 Å². The molecule has 6 heteroatoms. The molecule has 0 aromatic heterocycles. The van der Waals surface area contributed by atoms with Crippen molar-refractivity contribution in [2.75, 3.05) is 26.2 Å². The summed E-state index contributed by atoms with van der Waals surface area (Å²) in [4.78, 5) is 2.22. The summed E-state index contributed by atoms with van der Waals surface area (Å²) in [7, 11) is 0. The number of benzene rings is 1. The van der Waals surface area contributed by atoms with E-state index >= 15 is 0 Å². The van der Waals surface area contributed by atoms with E-state index in [1.54, 1.807) is 0 Å². The molecule has 0 amide bonds. The van der Waals surface area contributed by atoms with Gasteiger partial charge in [0, 0.05) is 32.2 Å². The zero-order valence-electron chi connectivity index (χ0n) is 12.3. The number of halogens is 4. The van der Waals surface area contributed by atoms with E-state index in [-0.39, 0.29) is 6.04 Å². The Balaban J connectivity index is 1.89. The summed E-state index contributed by atoms with van der Waals surface area (Å²) in [6, 6.07) is 3.43. The largest absolute Gasteiger partial charge is 0.419 e. The van der Waals surface area contributed by atoms with Gasteiger partial charge >= 0.3 is 6.18 Å².